The van der Waals surface area contributed by atoms with E-state index in [0.717, 1.165) is 15.0 Å². The topological polar surface area (TPSA) is 63.4 Å². The maximum atomic E-state index is 10.1. The van der Waals surface area contributed by atoms with Crippen LogP contribution in [0, 0.1) is 10.1 Å². The van der Waals surface area contributed by atoms with Gasteiger partial charge in [-0.25, -0.2) is 0 Å². The Bertz CT molecular complexity index is 559. The first-order valence-corrected chi connectivity index (χ1v) is 5.48. The Hall–Kier alpha value is -1.88. The summed E-state index contributed by atoms with van der Waals surface area (Å²) in [5.41, 5.74) is 0. The minimum atomic E-state index is -0.379. The summed E-state index contributed by atoms with van der Waals surface area (Å²) in [6.45, 7) is -0.167. The Kier molecular flexibility index (Phi) is 2.87. The van der Waals surface area contributed by atoms with Crippen LogP contribution in [0.3, 0.4) is 0 Å². The molecule has 2 aromatic rings. The molecule has 4 nitrogen and oxygen atoms in total. The highest BCUT2D eigenvalue weighted by molar-refractivity contribution is 7.19. The summed E-state index contributed by atoms with van der Waals surface area (Å²) in [6, 6.07) is 7.04. The minimum absolute atomic E-state index is 0.167. The van der Waals surface area contributed by atoms with Crippen molar-refractivity contribution in [1.82, 2.24) is 0 Å². The summed E-state index contributed by atoms with van der Waals surface area (Å²) in [4.78, 5) is 10.7. The predicted molar refractivity (Wildman–Crippen MR) is 64.4 cm³/mol. The van der Waals surface area contributed by atoms with Gasteiger partial charge in [-0.3, -0.25) is 10.1 Å². The van der Waals surface area contributed by atoms with Crippen LogP contribution in [0.1, 0.15) is 4.88 Å². The maximum absolute atomic E-state index is 10.1. The molecule has 2 rings (SSSR count). The molecule has 1 heterocycles. The van der Waals surface area contributed by atoms with Crippen molar-refractivity contribution in [3.63, 3.8) is 0 Å². The first kappa shape index (κ1) is 10.6. The molecule has 0 saturated heterocycles. The number of nitrogens with zero attached hydrogens (tertiary/aromatic N) is 1. The average molecular weight is 235 g/mol. The van der Waals surface area contributed by atoms with E-state index in [0.29, 0.717) is 0 Å². The largest absolute Gasteiger partial charge is 0.508 e. The van der Waals surface area contributed by atoms with Crippen molar-refractivity contribution in [2.24, 2.45) is 0 Å². The van der Waals surface area contributed by atoms with Crippen molar-refractivity contribution in [3.8, 4) is 5.75 Å². The number of hydrogen-bond acceptors (Lipinski definition) is 4. The molecule has 0 aliphatic carbocycles. The van der Waals surface area contributed by atoms with E-state index in [1.54, 1.807) is 18.2 Å². The van der Waals surface area contributed by atoms with Crippen molar-refractivity contribution < 1.29 is 10.0 Å². The van der Waals surface area contributed by atoms with Crippen LogP contribution in [0.25, 0.3) is 16.2 Å². The highest BCUT2D eigenvalue weighted by Gasteiger charge is 2.00. The van der Waals surface area contributed by atoms with E-state index >= 15 is 0 Å². The number of hydrogen-bond donors (Lipinski definition) is 1. The molecular formula is C11H9NO3S. The summed E-state index contributed by atoms with van der Waals surface area (Å²) in [6.07, 6.45) is 3.25. The Morgan fingerprint density at radius 3 is 3.00 bits per heavy atom. The first-order valence-electron chi connectivity index (χ1n) is 4.66. The van der Waals surface area contributed by atoms with Gasteiger partial charge in [0, 0.05) is 14.5 Å². The van der Waals surface area contributed by atoms with E-state index < -0.39 is 0 Å². The normalized spacial score (nSPS) is 11.2. The summed E-state index contributed by atoms with van der Waals surface area (Å²) >= 11 is 1.54. The zero-order chi connectivity index (χ0) is 11.5. The number of thiophene rings is 1. The molecule has 0 amide bonds. The third-order valence-corrected chi connectivity index (χ3v) is 3.14. The molecule has 0 saturated carbocycles. The molecule has 82 valence electrons. The third kappa shape index (κ3) is 2.38. The van der Waals surface area contributed by atoms with Crippen LogP contribution in [0.2, 0.25) is 0 Å². The first-order chi connectivity index (χ1) is 7.65. The Balaban J connectivity index is 2.26. The van der Waals surface area contributed by atoms with E-state index in [4.69, 9.17) is 0 Å². The van der Waals surface area contributed by atoms with Gasteiger partial charge in [0.05, 0.1) is 0 Å². The van der Waals surface area contributed by atoms with Gasteiger partial charge in [0.1, 0.15) is 5.75 Å². The second kappa shape index (κ2) is 4.32. The van der Waals surface area contributed by atoms with E-state index in [9.17, 15) is 15.2 Å². The molecule has 5 heteroatoms. The Morgan fingerprint density at radius 1 is 1.44 bits per heavy atom. The van der Waals surface area contributed by atoms with Crippen molar-refractivity contribution in [3.05, 3.63) is 45.3 Å². The summed E-state index contributed by atoms with van der Waals surface area (Å²) in [7, 11) is 0. The molecule has 1 N–H and O–H groups in total. The standard InChI is InChI=1S/C11H9NO3S/c13-9-3-4-11-8(6-9)7-10(16-11)2-1-5-12(14)15/h1-4,6-7,13H,5H2/b2-1+. The number of rotatable bonds is 3. The highest BCUT2D eigenvalue weighted by Crippen LogP contribution is 2.29. The fourth-order valence-electron chi connectivity index (χ4n) is 1.39. The molecule has 0 aliphatic rings. The molecule has 0 unspecified atom stereocenters. The molecule has 0 radical (unpaired) electrons. The molecular weight excluding hydrogens is 226 g/mol. The van der Waals surface area contributed by atoms with E-state index in [-0.39, 0.29) is 17.2 Å². The van der Waals surface area contributed by atoms with E-state index in [1.165, 1.54) is 17.4 Å². The van der Waals surface area contributed by atoms with Crippen LogP contribution in [0.5, 0.6) is 5.75 Å². The van der Waals surface area contributed by atoms with Crippen LogP contribution < -0.4 is 0 Å². The van der Waals surface area contributed by atoms with Gasteiger partial charge in [0.2, 0.25) is 6.54 Å². The molecule has 0 aliphatic heterocycles. The van der Waals surface area contributed by atoms with Crippen LogP contribution in [0.4, 0.5) is 0 Å². The molecule has 0 spiro atoms. The van der Waals surface area contributed by atoms with Crippen molar-refractivity contribution in [2.75, 3.05) is 6.54 Å². The van der Waals surface area contributed by atoms with Crippen LogP contribution in [-0.2, 0) is 0 Å². The van der Waals surface area contributed by atoms with Crippen LogP contribution >= 0.6 is 11.3 Å². The molecule has 0 fully saturated rings. The lowest BCUT2D eigenvalue weighted by Crippen LogP contribution is -1.95. The van der Waals surface area contributed by atoms with Gasteiger partial charge in [-0.2, -0.15) is 0 Å². The van der Waals surface area contributed by atoms with Gasteiger partial charge >= 0.3 is 0 Å². The van der Waals surface area contributed by atoms with Gasteiger partial charge in [0.15, 0.2) is 0 Å². The lowest BCUT2D eigenvalue weighted by Gasteiger charge is -1.89. The summed E-state index contributed by atoms with van der Waals surface area (Å²) < 4.78 is 1.05. The monoisotopic (exact) mass is 235 g/mol. The zero-order valence-electron chi connectivity index (χ0n) is 8.29. The number of benzene rings is 1. The lowest BCUT2D eigenvalue weighted by molar-refractivity contribution is -0.468. The molecule has 16 heavy (non-hydrogen) atoms. The minimum Gasteiger partial charge on any atom is -0.508 e. The fraction of sp³-hybridized carbons (Fsp3) is 0.0909. The summed E-state index contributed by atoms with van der Waals surface area (Å²) in [5.74, 6) is 0.228. The number of aromatic hydroxyl groups is 1. The van der Waals surface area contributed by atoms with Crippen molar-refractivity contribution >= 4 is 27.5 Å². The molecule has 1 aromatic carbocycles. The van der Waals surface area contributed by atoms with Crippen molar-refractivity contribution in [1.29, 1.82) is 0 Å². The van der Waals surface area contributed by atoms with E-state index in [1.807, 2.05) is 12.1 Å². The second-order valence-corrected chi connectivity index (χ2v) is 4.40. The number of phenolic OH excluding ortho intramolecular Hbond substituents is 1. The highest BCUT2D eigenvalue weighted by atomic mass is 32.1. The second-order valence-electron chi connectivity index (χ2n) is 3.29. The molecule has 0 atom stereocenters. The average Bonchev–Trinajstić information content (AvgIpc) is 2.58. The van der Waals surface area contributed by atoms with E-state index in [2.05, 4.69) is 0 Å². The van der Waals surface area contributed by atoms with Gasteiger partial charge < -0.3 is 5.11 Å². The maximum Gasteiger partial charge on any atom is 0.222 e. The third-order valence-electron chi connectivity index (χ3n) is 2.06. The number of phenols is 1. The van der Waals surface area contributed by atoms with Gasteiger partial charge in [-0.15, -0.1) is 11.3 Å². The lowest BCUT2D eigenvalue weighted by atomic mass is 10.2. The molecule has 0 bridgehead atoms. The SMILES string of the molecule is O=[N+]([O-])C/C=C/c1cc2cc(O)ccc2s1. The fourth-order valence-corrected chi connectivity index (χ4v) is 2.36. The number of fused-ring (bicyclic) bond motifs is 1. The molecule has 1 aromatic heterocycles. The predicted octanol–water partition coefficient (Wildman–Crippen LogP) is 2.90. The Morgan fingerprint density at radius 2 is 2.25 bits per heavy atom. The smallest absolute Gasteiger partial charge is 0.222 e. The van der Waals surface area contributed by atoms with Crippen molar-refractivity contribution in [2.45, 2.75) is 0 Å². The van der Waals surface area contributed by atoms with Crippen LogP contribution in [0.15, 0.2) is 30.3 Å². The van der Waals surface area contributed by atoms with Gasteiger partial charge in [0.25, 0.3) is 0 Å². The van der Waals surface area contributed by atoms with Gasteiger partial charge in [-0.05, 0) is 41.8 Å². The quantitative estimate of drug-likeness (QED) is 0.657. The number of nitro groups is 1. The van der Waals surface area contributed by atoms with Gasteiger partial charge in [-0.1, -0.05) is 0 Å². The Labute approximate surface area is 95.6 Å². The zero-order valence-corrected chi connectivity index (χ0v) is 9.11. The van der Waals surface area contributed by atoms with Crippen LogP contribution in [-0.4, -0.2) is 16.6 Å². The summed E-state index contributed by atoms with van der Waals surface area (Å²) in [5, 5.41) is 20.4.